The van der Waals surface area contributed by atoms with E-state index in [0.717, 1.165) is 19.4 Å². The lowest BCUT2D eigenvalue weighted by atomic mass is 9.65. The van der Waals surface area contributed by atoms with E-state index in [1.807, 2.05) is 0 Å². The summed E-state index contributed by atoms with van der Waals surface area (Å²) in [4.78, 5) is 4.21. The molecule has 0 aromatic heterocycles. The highest BCUT2D eigenvalue weighted by atomic mass is 127. The van der Waals surface area contributed by atoms with Gasteiger partial charge < -0.3 is 16.2 Å². The monoisotopic (exact) mass is 341 g/mol. The molecule has 1 aliphatic carbocycles. The van der Waals surface area contributed by atoms with Crippen LogP contribution in [0.5, 0.6) is 0 Å². The smallest absolute Gasteiger partial charge is 0.186 e. The molecule has 4 N–H and O–H groups in total. The number of aliphatic imine (C=N–C) groups is 1. The zero-order valence-corrected chi connectivity index (χ0v) is 12.7. The number of nitrogens with zero attached hydrogens (tertiary/aromatic N) is 1. The Kier molecular flexibility index (Phi) is 6.62. The molecule has 16 heavy (non-hydrogen) atoms. The molecule has 96 valence electrons. The van der Waals surface area contributed by atoms with Gasteiger partial charge in [-0.25, -0.2) is 4.99 Å². The van der Waals surface area contributed by atoms with Gasteiger partial charge in [-0.1, -0.05) is 27.2 Å². The van der Waals surface area contributed by atoms with E-state index in [9.17, 15) is 0 Å². The van der Waals surface area contributed by atoms with Crippen molar-refractivity contribution in [1.82, 2.24) is 0 Å². The molecular weight excluding hydrogens is 317 g/mol. The molecule has 5 heteroatoms. The van der Waals surface area contributed by atoms with E-state index >= 15 is 0 Å². The second kappa shape index (κ2) is 6.64. The molecule has 0 heterocycles. The largest absolute Gasteiger partial charge is 0.377 e. The maximum Gasteiger partial charge on any atom is 0.186 e. The maximum atomic E-state index is 5.79. The van der Waals surface area contributed by atoms with Gasteiger partial charge in [-0.15, -0.1) is 24.0 Å². The molecule has 0 aromatic carbocycles. The molecule has 0 aromatic rings. The Morgan fingerprint density at radius 2 is 2.06 bits per heavy atom. The SMILES string of the molecule is CCCCOC1CC(N=C(N)N)C1(C)C.I. The van der Waals surface area contributed by atoms with Crippen molar-refractivity contribution in [2.24, 2.45) is 21.9 Å². The molecule has 1 rings (SSSR count). The van der Waals surface area contributed by atoms with Gasteiger partial charge in [-0.3, -0.25) is 0 Å². The Labute approximate surface area is 115 Å². The van der Waals surface area contributed by atoms with Crippen LogP contribution in [0.4, 0.5) is 0 Å². The summed E-state index contributed by atoms with van der Waals surface area (Å²) in [6.07, 6.45) is 3.54. The maximum absolute atomic E-state index is 5.79. The molecule has 1 aliphatic rings. The van der Waals surface area contributed by atoms with Crippen molar-refractivity contribution in [3.8, 4) is 0 Å². The van der Waals surface area contributed by atoms with E-state index < -0.39 is 0 Å². The van der Waals surface area contributed by atoms with Crippen LogP contribution in [-0.2, 0) is 4.74 Å². The highest BCUT2D eigenvalue weighted by Crippen LogP contribution is 2.44. The van der Waals surface area contributed by atoms with Gasteiger partial charge >= 0.3 is 0 Å². The second-order valence-electron chi connectivity index (χ2n) is 4.84. The van der Waals surface area contributed by atoms with Crippen molar-refractivity contribution in [3.63, 3.8) is 0 Å². The Morgan fingerprint density at radius 1 is 1.44 bits per heavy atom. The quantitative estimate of drug-likeness (QED) is 0.347. The van der Waals surface area contributed by atoms with Gasteiger partial charge in [0.2, 0.25) is 0 Å². The average molecular weight is 341 g/mol. The molecular formula is C11H24IN3O. The van der Waals surface area contributed by atoms with Crippen molar-refractivity contribution >= 4 is 29.9 Å². The third-order valence-electron chi connectivity index (χ3n) is 3.25. The van der Waals surface area contributed by atoms with Crippen LogP contribution in [0.25, 0.3) is 0 Å². The summed E-state index contributed by atoms with van der Waals surface area (Å²) in [5.74, 6) is 0.181. The van der Waals surface area contributed by atoms with E-state index in [0.29, 0.717) is 6.10 Å². The molecule has 4 nitrogen and oxygen atoms in total. The summed E-state index contributed by atoms with van der Waals surface area (Å²) < 4.78 is 5.79. The van der Waals surface area contributed by atoms with Crippen LogP contribution in [0.2, 0.25) is 0 Å². The third-order valence-corrected chi connectivity index (χ3v) is 3.25. The Morgan fingerprint density at radius 3 is 2.50 bits per heavy atom. The van der Waals surface area contributed by atoms with Crippen molar-refractivity contribution in [3.05, 3.63) is 0 Å². The average Bonchev–Trinajstić information content (AvgIpc) is 2.15. The highest BCUT2D eigenvalue weighted by Gasteiger charge is 2.49. The number of unbranched alkanes of at least 4 members (excludes halogenated alkanes) is 1. The fourth-order valence-corrected chi connectivity index (χ4v) is 1.92. The standard InChI is InChI=1S/C11H23N3O.HI/c1-4-5-6-15-9-7-8(11(9,2)3)14-10(12)13;/h8-9H,4-7H2,1-3H3,(H4,12,13,14);1H. The van der Waals surface area contributed by atoms with Crippen LogP contribution in [0.1, 0.15) is 40.0 Å². The van der Waals surface area contributed by atoms with Crippen LogP contribution in [0, 0.1) is 5.41 Å². The summed E-state index contributed by atoms with van der Waals surface area (Å²) in [5.41, 5.74) is 10.8. The number of hydrogen-bond acceptors (Lipinski definition) is 2. The second-order valence-corrected chi connectivity index (χ2v) is 4.84. The lowest BCUT2D eigenvalue weighted by Crippen LogP contribution is -2.54. The summed E-state index contributed by atoms with van der Waals surface area (Å²) >= 11 is 0. The Bertz CT molecular complexity index is 239. The first-order valence-corrected chi connectivity index (χ1v) is 5.68. The van der Waals surface area contributed by atoms with Crippen LogP contribution in [0.3, 0.4) is 0 Å². The first kappa shape index (κ1) is 16.0. The third kappa shape index (κ3) is 3.76. The number of nitrogens with two attached hydrogens (primary N) is 2. The van der Waals surface area contributed by atoms with Gasteiger partial charge in [0.25, 0.3) is 0 Å². The molecule has 2 atom stereocenters. The van der Waals surface area contributed by atoms with Gasteiger partial charge in [-0.2, -0.15) is 0 Å². The minimum Gasteiger partial charge on any atom is -0.377 e. The predicted molar refractivity (Wildman–Crippen MR) is 78.1 cm³/mol. The van der Waals surface area contributed by atoms with Gasteiger partial charge in [0.1, 0.15) is 0 Å². The zero-order chi connectivity index (χ0) is 11.5. The van der Waals surface area contributed by atoms with Crippen molar-refractivity contribution in [2.45, 2.75) is 52.2 Å². The number of halogens is 1. The molecule has 0 aliphatic heterocycles. The summed E-state index contributed by atoms with van der Waals surface area (Å²) in [5, 5.41) is 0. The van der Waals surface area contributed by atoms with Gasteiger partial charge in [0, 0.05) is 12.0 Å². The minimum atomic E-state index is 0. The predicted octanol–water partition coefficient (Wildman–Crippen LogP) is 1.86. The summed E-state index contributed by atoms with van der Waals surface area (Å²) in [6.45, 7) is 7.32. The fraction of sp³-hybridized carbons (Fsp3) is 0.909. The summed E-state index contributed by atoms with van der Waals surface area (Å²) in [7, 11) is 0. The van der Waals surface area contributed by atoms with Crippen molar-refractivity contribution in [2.75, 3.05) is 6.61 Å². The fourth-order valence-electron chi connectivity index (χ4n) is 1.92. The highest BCUT2D eigenvalue weighted by molar-refractivity contribution is 14.0. The van der Waals surface area contributed by atoms with Crippen LogP contribution >= 0.6 is 24.0 Å². The van der Waals surface area contributed by atoms with E-state index in [1.165, 1.54) is 6.42 Å². The Balaban J connectivity index is 0.00000225. The van der Waals surface area contributed by atoms with Gasteiger partial charge in [0.15, 0.2) is 5.96 Å². The van der Waals surface area contributed by atoms with E-state index in [-0.39, 0.29) is 41.4 Å². The van der Waals surface area contributed by atoms with Gasteiger partial charge in [0.05, 0.1) is 12.1 Å². The number of ether oxygens (including phenoxy) is 1. The minimum absolute atomic E-state index is 0. The zero-order valence-electron chi connectivity index (χ0n) is 10.4. The van der Waals surface area contributed by atoms with Crippen molar-refractivity contribution in [1.29, 1.82) is 0 Å². The van der Waals surface area contributed by atoms with Crippen LogP contribution in [-0.4, -0.2) is 24.7 Å². The molecule has 0 amide bonds. The number of guanidine groups is 1. The molecule has 0 saturated heterocycles. The molecule has 1 saturated carbocycles. The molecule has 2 unspecified atom stereocenters. The molecule has 0 radical (unpaired) electrons. The normalized spacial score (nSPS) is 26.4. The first-order valence-electron chi connectivity index (χ1n) is 5.68. The topological polar surface area (TPSA) is 73.6 Å². The van der Waals surface area contributed by atoms with Crippen LogP contribution < -0.4 is 11.5 Å². The van der Waals surface area contributed by atoms with Gasteiger partial charge in [-0.05, 0) is 12.8 Å². The van der Waals surface area contributed by atoms with E-state index in [2.05, 4.69) is 25.8 Å². The van der Waals surface area contributed by atoms with Crippen molar-refractivity contribution < 1.29 is 4.74 Å². The molecule has 0 bridgehead atoms. The first-order chi connectivity index (χ1) is 6.98. The number of rotatable bonds is 5. The molecule has 0 spiro atoms. The van der Waals surface area contributed by atoms with Crippen LogP contribution in [0.15, 0.2) is 4.99 Å². The lowest BCUT2D eigenvalue weighted by molar-refractivity contribution is -0.107. The lowest BCUT2D eigenvalue weighted by Gasteiger charge is -2.49. The number of hydrogen-bond donors (Lipinski definition) is 2. The molecule has 1 fully saturated rings. The van der Waals surface area contributed by atoms with E-state index in [4.69, 9.17) is 16.2 Å². The Hall–Kier alpha value is -0.0400. The van der Waals surface area contributed by atoms with E-state index in [1.54, 1.807) is 0 Å². The summed E-state index contributed by atoms with van der Waals surface area (Å²) in [6, 6.07) is 0.217.